The molecule has 0 saturated heterocycles. The highest BCUT2D eigenvalue weighted by Gasteiger charge is 2.58. The minimum absolute atomic E-state index is 0.0727. The molecule has 4 aliphatic carbocycles. The number of oxime groups is 1. The number of carbonyl (C=O) groups excluding carboxylic acids is 2. The van der Waals surface area contributed by atoms with E-state index < -0.39 is 30.4 Å². The van der Waals surface area contributed by atoms with Gasteiger partial charge < -0.3 is 26.1 Å². The van der Waals surface area contributed by atoms with E-state index in [-0.39, 0.29) is 29.8 Å². The SMILES string of the molecule is C[C@]12CC[C@@H]3[C@H](CCC4=CC(=NOCC(=O)N[C@H](CCC(N)=O)C(=O)O)CC[C@@]43C)[C@@H]1CC[C@H]2O. The fraction of sp³-hybridized carbons (Fsp3) is 0.769. The number of carboxylic acids is 1. The lowest BCUT2D eigenvalue weighted by Gasteiger charge is -2.57. The Kier molecular flexibility index (Phi) is 7.27. The van der Waals surface area contributed by atoms with E-state index in [1.165, 1.54) is 5.57 Å². The Balaban J connectivity index is 1.35. The first kappa shape index (κ1) is 25.7. The summed E-state index contributed by atoms with van der Waals surface area (Å²) in [5.74, 6) is -0.542. The van der Waals surface area contributed by atoms with Crippen LogP contribution in [0, 0.1) is 28.6 Å². The summed E-state index contributed by atoms with van der Waals surface area (Å²) in [5, 5.41) is 26.4. The summed E-state index contributed by atoms with van der Waals surface area (Å²) >= 11 is 0. The molecule has 9 heteroatoms. The minimum Gasteiger partial charge on any atom is -0.480 e. The standard InChI is InChI=1S/C26H39N3O6/c1-25-11-9-16(29-35-14-23(32)28-20(24(33)34)6-8-22(27)31)13-15(25)3-4-17-18-5-7-21(30)26(18,2)12-10-19(17)25/h13,17-21,30H,3-12,14H2,1-2H3,(H2,27,31)(H,28,32)(H,33,34)/t17-,18+,19-,20-,21-,25+,26+/m1/s1. The number of nitrogens with one attached hydrogen (secondary N) is 1. The van der Waals surface area contributed by atoms with Gasteiger partial charge in [0.1, 0.15) is 6.04 Å². The van der Waals surface area contributed by atoms with Gasteiger partial charge >= 0.3 is 5.97 Å². The molecule has 0 bridgehead atoms. The maximum absolute atomic E-state index is 12.1. The van der Waals surface area contributed by atoms with Crippen molar-refractivity contribution in [1.82, 2.24) is 5.32 Å². The summed E-state index contributed by atoms with van der Waals surface area (Å²) in [6, 6.07) is -1.20. The van der Waals surface area contributed by atoms with Crippen LogP contribution in [-0.2, 0) is 19.2 Å². The number of aliphatic hydroxyl groups is 1. The zero-order valence-corrected chi connectivity index (χ0v) is 20.8. The molecular formula is C26H39N3O6. The van der Waals surface area contributed by atoms with Crippen molar-refractivity contribution >= 4 is 23.5 Å². The smallest absolute Gasteiger partial charge is 0.326 e. The first-order chi connectivity index (χ1) is 16.5. The first-order valence-corrected chi connectivity index (χ1v) is 12.9. The summed E-state index contributed by atoms with van der Waals surface area (Å²) < 4.78 is 0. The van der Waals surface area contributed by atoms with E-state index in [9.17, 15) is 24.6 Å². The predicted octanol–water partition coefficient (Wildman–Crippen LogP) is 2.52. The van der Waals surface area contributed by atoms with Crippen LogP contribution in [0.25, 0.3) is 0 Å². The van der Waals surface area contributed by atoms with E-state index >= 15 is 0 Å². The van der Waals surface area contributed by atoms with Crippen molar-refractivity contribution in [3.63, 3.8) is 0 Å². The predicted molar refractivity (Wildman–Crippen MR) is 129 cm³/mol. The van der Waals surface area contributed by atoms with Gasteiger partial charge in [0.15, 0.2) is 6.61 Å². The average Bonchev–Trinajstić information content (AvgIpc) is 3.11. The van der Waals surface area contributed by atoms with Crippen LogP contribution in [0.15, 0.2) is 16.8 Å². The summed E-state index contributed by atoms with van der Waals surface area (Å²) in [6.45, 7) is 4.30. The molecule has 4 aliphatic rings. The molecule has 0 aromatic heterocycles. The number of nitrogens with two attached hydrogens (primary N) is 1. The molecule has 35 heavy (non-hydrogen) atoms. The Morgan fingerprint density at radius 2 is 1.94 bits per heavy atom. The largest absolute Gasteiger partial charge is 0.480 e. The van der Waals surface area contributed by atoms with Crippen LogP contribution in [0.1, 0.15) is 78.1 Å². The highest BCUT2D eigenvalue weighted by molar-refractivity contribution is 5.96. The average molecular weight is 490 g/mol. The maximum atomic E-state index is 12.1. The number of primary amides is 1. The zero-order valence-electron chi connectivity index (χ0n) is 20.8. The molecule has 9 nitrogen and oxygen atoms in total. The third-order valence-electron chi connectivity index (χ3n) is 9.62. The molecule has 0 aromatic carbocycles. The van der Waals surface area contributed by atoms with Crippen LogP contribution in [0.2, 0.25) is 0 Å². The van der Waals surface area contributed by atoms with Gasteiger partial charge in [-0.3, -0.25) is 9.59 Å². The Morgan fingerprint density at radius 3 is 2.66 bits per heavy atom. The van der Waals surface area contributed by atoms with Gasteiger partial charge in [0, 0.05) is 6.42 Å². The number of hydrogen-bond donors (Lipinski definition) is 4. The number of amides is 2. The quantitative estimate of drug-likeness (QED) is 0.385. The van der Waals surface area contributed by atoms with Gasteiger partial charge in [0.05, 0.1) is 11.8 Å². The lowest BCUT2D eigenvalue weighted by atomic mass is 9.47. The molecule has 5 N–H and O–H groups in total. The van der Waals surface area contributed by atoms with Crippen molar-refractivity contribution in [1.29, 1.82) is 0 Å². The Bertz CT molecular complexity index is 932. The molecular weight excluding hydrogens is 450 g/mol. The fourth-order valence-electron chi connectivity index (χ4n) is 7.57. The molecule has 0 heterocycles. The highest BCUT2D eigenvalue weighted by atomic mass is 16.6. The van der Waals surface area contributed by atoms with E-state index in [1.54, 1.807) is 0 Å². The number of rotatable bonds is 8. The van der Waals surface area contributed by atoms with Gasteiger partial charge in [-0.25, -0.2) is 4.79 Å². The van der Waals surface area contributed by atoms with Crippen LogP contribution in [0.3, 0.4) is 0 Å². The summed E-state index contributed by atoms with van der Waals surface area (Å²) in [5.41, 5.74) is 7.50. The zero-order chi connectivity index (χ0) is 25.4. The van der Waals surface area contributed by atoms with Gasteiger partial charge in [-0.1, -0.05) is 24.6 Å². The van der Waals surface area contributed by atoms with Crippen LogP contribution in [0.5, 0.6) is 0 Å². The van der Waals surface area contributed by atoms with Crippen molar-refractivity contribution in [3.8, 4) is 0 Å². The molecule has 2 amide bonds. The van der Waals surface area contributed by atoms with Crippen molar-refractivity contribution in [2.24, 2.45) is 39.5 Å². The third-order valence-corrected chi connectivity index (χ3v) is 9.62. The number of hydrogen-bond acceptors (Lipinski definition) is 6. The van der Waals surface area contributed by atoms with Crippen molar-refractivity contribution in [3.05, 3.63) is 11.6 Å². The summed E-state index contributed by atoms with van der Waals surface area (Å²) in [6.07, 6.45) is 10.1. The lowest BCUT2D eigenvalue weighted by Crippen LogP contribution is -2.51. The van der Waals surface area contributed by atoms with Crippen molar-refractivity contribution in [2.45, 2.75) is 90.2 Å². The van der Waals surface area contributed by atoms with Crippen molar-refractivity contribution in [2.75, 3.05) is 6.61 Å². The maximum Gasteiger partial charge on any atom is 0.326 e. The van der Waals surface area contributed by atoms with Crippen molar-refractivity contribution < 1.29 is 29.4 Å². The summed E-state index contributed by atoms with van der Waals surface area (Å²) in [7, 11) is 0. The number of aliphatic hydroxyl groups excluding tert-OH is 1. The normalized spacial score (nSPS) is 37.9. The van der Waals surface area contributed by atoms with Gasteiger partial charge in [-0.05, 0) is 92.4 Å². The number of carbonyl (C=O) groups is 3. The van der Waals surface area contributed by atoms with Gasteiger partial charge in [0.25, 0.3) is 5.91 Å². The number of fused-ring (bicyclic) bond motifs is 5. The summed E-state index contributed by atoms with van der Waals surface area (Å²) in [4.78, 5) is 39.5. The van der Waals surface area contributed by atoms with Gasteiger partial charge in [-0.15, -0.1) is 0 Å². The van der Waals surface area contributed by atoms with Gasteiger partial charge in [0.2, 0.25) is 5.91 Å². The van der Waals surface area contributed by atoms with Crippen LogP contribution >= 0.6 is 0 Å². The Morgan fingerprint density at radius 1 is 1.17 bits per heavy atom. The minimum atomic E-state index is -1.23. The monoisotopic (exact) mass is 489 g/mol. The Labute approximate surface area is 206 Å². The number of nitrogens with zero attached hydrogens (tertiary/aromatic N) is 1. The molecule has 3 fully saturated rings. The van der Waals surface area contributed by atoms with E-state index in [0.29, 0.717) is 17.8 Å². The molecule has 0 unspecified atom stereocenters. The van der Waals surface area contributed by atoms with Crippen LogP contribution < -0.4 is 11.1 Å². The van der Waals surface area contributed by atoms with Gasteiger partial charge in [-0.2, -0.15) is 0 Å². The number of aliphatic carboxylic acids is 1. The second-order valence-corrected chi connectivity index (χ2v) is 11.5. The van der Waals surface area contributed by atoms with Crippen LogP contribution in [0.4, 0.5) is 0 Å². The molecule has 7 atom stereocenters. The fourth-order valence-corrected chi connectivity index (χ4v) is 7.57. The molecule has 0 aromatic rings. The van der Waals surface area contributed by atoms with E-state index in [2.05, 4.69) is 30.4 Å². The second kappa shape index (κ2) is 9.91. The number of carboxylic acid groups (broad SMARTS) is 1. The number of allylic oxidation sites excluding steroid dienone is 2. The highest BCUT2D eigenvalue weighted by Crippen LogP contribution is 2.65. The van der Waals surface area contributed by atoms with E-state index in [4.69, 9.17) is 10.6 Å². The van der Waals surface area contributed by atoms with Crippen LogP contribution in [-0.4, -0.2) is 52.5 Å². The molecule has 194 valence electrons. The molecule has 4 rings (SSSR count). The first-order valence-electron chi connectivity index (χ1n) is 12.9. The second-order valence-electron chi connectivity index (χ2n) is 11.5. The molecule has 0 aliphatic heterocycles. The molecule has 0 spiro atoms. The molecule has 3 saturated carbocycles. The van der Waals surface area contributed by atoms with E-state index in [1.807, 2.05) is 0 Å². The third kappa shape index (κ3) is 4.97. The van der Waals surface area contributed by atoms with E-state index in [0.717, 1.165) is 57.1 Å². The lowest BCUT2D eigenvalue weighted by molar-refractivity contribution is -0.142. The Hall–Kier alpha value is -2.42. The molecule has 0 radical (unpaired) electrons. The topological polar surface area (TPSA) is 151 Å².